The second kappa shape index (κ2) is 8.25. The third-order valence-electron chi connectivity index (χ3n) is 2.44. The maximum absolute atomic E-state index is 5.58. The van der Waals surface area contributed by atoms with Gasteiger partial charge < -0.3 is 14.6 Å². The van der Waals surface area contributed by atoms with Crippen molar-refractivity contribution in [3.63, 3.8) is 0 Å². The van der Waals surface area contributed by atoms with E-state index in [1.54, 1.807) is 0 Å². The molecule has 0 aliphatic heterocycles. The number of imidazole rings is 1. The summed E-state index contributed by atoms with van der Waals surface area (Å²) in [6.45, 7) is 10.8. The van der Waals surface area contributed by atoms with E-state index in [9.17, 15) is 0 Å². The Morgan fingerprint density at radius 1 is 1.47 bits per heavy atom. The monoisotopic (exact) mass is 239 g/mol. The van der Waals surface area contributed by atoms with Crippen LogP contribution in [0, 0.1) is 5.92 Å². The number of hydrogen-bond donors (Lipinski definition) is 1. The molecule has 98 valence electrons. The summed E-state index contributed by atoms with van der Waals surface area (Å²) in [5.74, 6) is 1.69. The van der Waals surface area contributed by atoms with Crippen LogP contribution in [0.5, 0.6) is 0 Å². The summed E-state index contributed by atoms with van der Waals surface area (Å²) >= 11 is 0. The number of hydrogen-bond acceptors (Lipinski definition) is 3. The molecule has 0 amide bonds. The summed E-state index contributed by atoms with van der Waals surface area (Å²) in [6.07, 6.45) is 5.02. The molecule has 0 radical (unpaired) electrons. The lowest BCUT2D eigenvalue weighted by Gasteiger charge is -2.10. The second-order valence-corrected chi connectivity index (χ2v) is 4.68. The van der Waals surface area contributed by atoms with E-state index < -0.39 is 0 Å². The molecule has 1 N–H and O–H groups in total. The van der Waals surface area contributed by atoms with E-state index in [1.165, 1.54) is 0 Å². The lowest BCUT2D eigenvalue weighted by Crippen LogP contribution is -2.19. The minimum absolute atomic E-state index is 0.600. The first kappa shape index (κ1) is 14.2. The molecule has 0 spiro atoms. The third-order valence-corrected chi connectivity index (χ3v) is 2.44. The summed E-state index contributed by atoms with van der Waals surface area (Å²) in [6, 6.07) is 0. The van der Waals surface area contributed by atoms with E-state index in [-0.39, 0.29) is 0 Å². The molecule has 0 aliphatic rings. The Morgan fingerprint density at radius 3 is 3.00 bits per heavy atom. The van der Waals surface area contributed by atoms with E-state index in [2.05, 4.69) is 35.6 Å². The summed E-state index contributed by atoms with van der Waals surface area (Å²) in [7, 11) is 0. The third kappa shape index (κ3) is 5.84. The molecule has 0 saturated carbocycles. The van der Waals surface area contributed by atoms with Crippen LogP contribution in [-0.2, 0) is 17.8 Å². The van der Waals surface area contributed by atoms with Crippen molar-refractivity contribution in [1.82, 2.24) is 14.9 Å². The van der Waals surface area contributed by atoms with Crippen molar-refractivity contribution in [2.45, 2.75) is 40.3 Å². The summed E-state index contributed by atoms with van der Waals surface area (Å²) in [5, 5.41) is 3.36. The highest BCUT2D eigenvalue weighted by Gasteiger charge is 2.02. The Labute approximate surface area is 104 Å². The Morgan fingerprint density at radius 2 is 2.29 bits per heavy atom. The predicted molar refractivity (Wildman–Crippen MR) is 69.9 cm³/mol. The standard InChI is InChI=1S/C13H25N3O/c1-4-5-14-10-13-15-6-7-16(13)8-9-17-11-12(2)3/h6-7,12,14H,4-5,8-11H2,1-3H3. The van der Waals surface area contributed by atoms with Crippen LogP contribution < -0.4 is 5.32 Å². The number of nitrogens with zero attached hydrogens (tertiary/aromatic N) is 2. The van der Waals surface area contributed by atoms with Gasteiger partial charge in [0.05, 0.1) is 13.2 Å². The molecule has 0 atom stereocenters. The Bertz CT molecular complexity index is 297. The highest BCUT2D eigenvalue weighted by molar-refractivity contribution is 4.91. The number of ether oxygens (including phenoxy) is 1. The molecule has 0 saturated heterocycles. The molecule has 0 unspecified atom stereocenters. The lowest BCUT2D eigenvalue weighted by atomic mass is 10.2. The highest BCUT2D eigenvalue weighted by Crippen LogP contribution is 1.99. The zero-order chi connectivity index (χ0) is 12.5. The van der Waals surface area contributed by atoms with Crippen LogP contribution in [0.4, 0.5) is 0 Å². The molecule has 1 rings (SSSR count). The van der Waals surface area contributed by atoms with Gasteiger partial charge in [-0.1, -0.05) is 20.8 Å². The van der Waals surface area contributed by atoms with Crippen molar-refractivity contribution in [1.29, 1.82) is 0 Å². The molecular formula is C13H25N3O. The minimum Gasteiger partial charge on any atom is -0.379 e. The van der Waals surface area contributed by atoms with Crippen molar-refractivity contribution in [2.24, 2.45) is 5.92 Å². The molecule has 1 heterocycles. The van der Waals surface area contributed by atoms with Crippen molar-refractivity contribution < 1.29 is 4.74 Å². The molecule has 0 aromatic carbocycles. The van der Waals surface area contributed by atoms with Crippen LogP contribution >= 0.6 is 0 Å². The second-order valence-electron chi connectivity index (χ2n) is 4.68. The van der Waals surface area contributed by atoms with Gasteiger partial charge >= 0.3 is 0 Å². The quantitative estimate of drug-likeness (QED) is 0.670. The zero-order valence-corrected chi connectivity index (χ0v) is 11.3. The normalized spacial score (nSPS) is 11.3. The molecule has 1 aromatic rings. The van der Waals surface area contributed by atoms with Gasteiger partial charge in [0, 0.05) is 25.5 Å². The van der Waals surface area contributed by atoms with Crippen molar-refractivity contribution in [3.8, 4) is 0 Å². The first-order valence-corrected chi connectivity index (χ1v) is 6.52. The van der Waals surface area contributed by atoms with E-state index >= 15 is 0 Å². The molecule has 17 heavy (non-hydrogen) atoms. The number of aromatic nitrogens is 2. The lowest BCUT2D eigenvalue weighted by molar-refractivity contribution is 0.102. The topological polar surface area (TPSA) is 39.1 Å². The fraction of sp³-hybridized carbons (Fsp3) is 0.769. The van der Waals surface area contributed by atoms with Crippen LogP contribution in [0.1, 0.15) is 33.0 Å². The summed E-state index contributed by atoms with van der Waals surface area (Å²) < 4.78 is 7.74. The number of rotatable bonds is 9. The van der Waals surface area contributed by atoms with Crippen LogP contribution in [0.2, 0.25) is 0 Å². The first-order chi connectivity index (χ1) is 8.24. The minimum atomic E-state index is 0.600. The van der Waals surface area contributed by atoms with Gasteiger partial charge in [-0.05, 0) is 18.9 Å². The molecule has 0 aliphatic carbocycles. The largest absolute Gasteiger partial charge is 0.379 e. The van der Waals surface area contributed by atoms with Crippen molar-refractivity contribution >= 4 is 0 Å². The van der Waals surface area contributed by atoms with Gasteiger partial charge in [0.2, 0.25) is 0 Å². The molecule has 4 heteroatoms. The van der Waals surface area contributed by atoms with Crippen LogP contribution in [0.15, 0.2) is 12.4 Å². The fourth-order valence-electron chi connectivity index (χ4n) is 1.57. The average molecular weight is 239 g/mol. The van der Waals surface area contributed by atoms with Crippen LogP contribution in [-0.4, -0.2) is 29.3 Å². The Hall–Kier alpha value is -0.870. The molecule has 1 aromatic heterocycles. The smallest absolute Gasteiger partial charge is 0.122 e. The van der Waals surface area contributed by atoms with Crippen LogP contribution in [0.3, 0.4) is 0 Å². The van der Waals surface area contributed by atoms with Gasteiger partial charge in [0.1, 0.15) is 5.82 Å². The summed E-state index contributed by atoms with van der Waals surface area (Å²) in [5.41, 5.74) is 0. The van der Waals surface area contributed by atoms with Gasteiger partial charge in [-0.25, -0.2) is 4.98 Å². The van der Waals surface area contributed by atoms with Gasteiger partial charge in [-0.3, -0.25) is 0 Å². The van der Waals surface area contributed by atoms with E-state index in [0.717, 1.165) is 45.1 Å². The van der Waals surface area contributed by atoms with Crippen molar-refractivity contribution in [3.05, 3.63) is 18.2 Å². The molecular weight excluding hydrogens is 214 g/mol. The van der Waals surface area contributed by atoms with Gasteiger partial charge in [0.15, 0.2) is 0 Å². The van der Waals surface area contributed by atoms with Gasteiger partial charge in [0.25, 0.3) is 0 Å². The first-order valence-electron chi connectivity index (χ1n) is 6.52. The average Bonchev–Trinajstić information content (AvgIpc) is 2.72. The number of nitrogens with one attached hydrogen (secondary N) is 1. The van der Waals surface area contributed by atoms with E-state index in [0.29, 0.717) is 5.92 Å². The molecule has 4 nitrogen and oxygen atoms in total. The SMILES string of the molecule is CCCNCc1nccn1CCOCC(C)C. The maximum Gasteiger partial charge on any atom is 0.122 e. The van der Waals surface area contributed by atoms with Crippen molar-refractivity contribution in [2.75, 3.05) is 19.8 Å². The molecule has 0 bridgehead atoms. The van der Waals surface area contributed by atoms with Gasteiger partial charge in [-0.2, -0.15) is 0 Å². The Balaban J connectivity index is 2.25. The fourth-order valence-corrected chi connectivity index (χ4v) is 1.57. The Kier molecular flexibility index (Phi) is 6.89. The van der Waals surface area contributed by atoms with E-state index in [4.69, 9.17) is 4.74 Å². The highest BCUT2D eigenvalue weighted by atomic mass is 16.5. The zero-order valence-electron chi connectivity index (χ0n) is 11.3. The van der Waals surface area contributed by atoms with Crippen LogP contribution in [0.25, 0.3) is 0 Å². The predicted octanol–water partition coefficient (Wildman–Crippen LogP) is 2.06. The molecule has 0 fully saturated rings. The maximum atomic E-state index is 5.58. The summed E-state index contributed by atoms with van der Waals surface area (Å²) in [4.78, 5) is 4.35. The van der Waals surface area contributed by atoms with Gasteiger partial charge in [-0.15, -0.1) is 0 Å². The van der Waals surface area contributed by atoms with E-state index in [1.807, 2.05) is 12.4 Å².